The van der Waals surface area contributed by atoms with E-state index >= 15 is 0 Å². The first-order chi connectivity index (χ1) is 12.8. The molecule has 0 unspecified atom stereocenters. The second kappa shape index (κ2) is 7.61. The van der Waals surface area contributed by atoms with Crippen LogP contribution in [-0.4, -0.2) is 42.2 Å². The molecule has 136 valence electrons. The number of H-pyrrole nitrogens is 1. The van der Waals surface area contributed by atoms with Gasteiger partial charge in [0.2, 0.25) is 0 Å². The normalized spacial score (nSPS) is 15.4. The number of aromatic nitrogens is 2. The Morgan fingerprint density at radius 1 is 1.31 bits per heavy atom. The minimum atomic E-state index is 0.596. The molecular weight excluding hydrogens is 346 g/mol. The fourth-order valence-electron chi connectivity index (χ4n) is 3.43. The topological polar surface area (TPSA) is 50.4 Å². The summed E-state index contributed by atoms with van der Waals surface area (Å²) >= 11 is 1.67. The summed E-state index contributed by atoms with van der Waals surface area (Å²) in [6, 6.07) is 6.18. The third kappa shape index (κ3) is 3.53. The standard InChI is InChI=1S/C20H23N3O2S/c1-24-12-20-22-15(13-26-20)11-23-7-5-14(6-8-23)18-10-21-19-4-3-16(25-2)9-17(18)19/h3-5,9-10,13,21H,6-8,11-12H2,1-2H3. The van der Waals surface area contributed by atoms with E-state index in [-0.39, 0.29) is 0 Å². The van der Waals surface area contributed by atoms with Crippen LogP contribution in [0.15, 0.2) is 35.9 Å². The van der Waals surface area contributed by atoms with Gasteiger partial charge in [-0.15, -0.1) is 11.3 Å². The van der Waals surface area contributed by atoms with Crippen molar-refractivity contribution in [2.24, 2.45) is 0 Å². The van der Waals surface area contributed by atoms with Crippen molar-refractivity contribution in [3.8, 4) is 5.75 Å². The van der Waals surface area contributed by atoms with E-state index in [0.29, 0.717) is 6.61 Å². The second-order valence-corrected chi connectivity index (χ2v) is 7.44. The summed E-state index contributed by atoms with van der Waals surface area (Å²) in [7, 11) is 3.42. The van der Waals surface area contributed by atoms with E-state index in [9.17, 15) is 0 Å². The van der Waals surface area contributed by atoms with Crippen molar-refractivity contribution >= 4 is 27.8 Å². The van der Waals surface area contributed by atoms with Crippen molar-refractivity contribution in [2.75, 3.05) is 27.3 Å². The molecule has 6 heteroatoms. The van der Waals surface area contributed by atoms with Crippen LogP contribution in [0.5, 0.6) is 5.75 Å². The van der Waals surface area contributed by atoms with Crippen LogP contribution in [0.4, 0.5) is 0 Å². The lowest BCUT2D eigenvalue weighted by Gasteiger charge is -2.25. The van der Waals surface area contributed by atoms with Gasteiger partial charge in [0.05, 0.1) is 19.4 Å². The molecule has 0 saturated carbocycles. The highest BCUT2D eigenvalue weighted by Gasteiger charge is 2.17. The molecule has 0 amide bonds. The number of ether oxygens (including phenoxy) is 2. The maximum atomic E-state index is 5.38. The van der Waals surface area contributed by atoms with Gasteiger partial charge < -0.3 is 14.5 Å². The fourth-order valence-corrected chi connectivity index (χ4v) is 4.19. The van der Waals surface area contributed by atoms with Gasteiger partial charge in [0.25, 0.3) is 0 Å². The highest BCUT2D eigenvalue weighted by atomic mass is 32.1. The van der Waals surface area contributed by atoms with E-state index < -0.39 is 0 Å². The molecule has 1 aliphatic rings. The molecule has 0 radical (unpaired) electrons. The molecule has 2 aromatic heterocycles. The summed E-state index contributed by atoms with van der Waals surface area (Å²) < 4.78 is 10.5. The average molecular weight is 369 g/mol. The molecule has 3 heterocycles. The van der Waals surface area contributed by atoms with Crippen molar-refractivity contribution in [3.05, 3.63) is 52.1 Å². The lowest BCUT2D eigenvalue weighted by molar-refractivity contribution is 0.184. The average Bonchev–Trinajstić information content (AvgIpc) is 3.29. The Kier molecular flexibility index (Phi) is 5.06. The zero-order valence-corrected chi connectivity index (χ0v) is 15.9. The first-order valence-corrected chi connectivity index (χ1v) is 9.64. The number of thiazole rings is 1. The molecular formula is C20H23N3O2S. The molecule has 5 nitrogen and oxygen atoms in total. The number of hydrogen-bond acceptors (Lipinski definition) is 5. The zero-order chi connectivity index (χ0) is 17.9. The van der Waals surface area contributed by atoms with Crippen molar-refractivity contribution < 1.29 is 9.47 Å². The minimum Gasteiger partial charge on any atom is -0.497 e. The molecule has 0 spiro atoms. The van der Waals surface area contributed by atoms with E-state index in [1.54, 1.807) is 25.6 Å². The largest absolute Gasteiger partial charge is 0.497 e. The van der Waals surface area contributed by atoms with Gasteiger partial charge in [-0.3, -0.25) is 4.90 Å². The van der Waals surface area contributed by atoms with E-state index in [1.807, 2.05) is 6.07 Å². The second-order valence-electron chi connectivity index (χ2n) is 6.49. The molecule has 3 aromatic rings. The number of nitrogens with zero attached hydrogens (tertiary/aromatic N) is 2. The van der Waals surface area contributed by atoms with Crippen LogP contribution in [-0.2, 0) is 17.9 Å². The van der Waals surface area contributed by atoms with Crippen molar-refractivity contribution in [2.45, 2.75) is 19.6 Å². The van der Waals surface area contributed by atoms with Crippen LogP contribution >= 0.6 is 11.3 Å². The first kappa shape index (κ1) is 17.3. The van der Waals surface area contributed by atoms with Crippen LogP contribution in [0.3, 0.4) is 0 Å². The Hall–Kier alpha value is -2.15. The van der Waals surface area contributed by atoms with Crippen molar-refractivity contribution in [1.82, 2.24) is 14.9 Å². The molecule has 1 aliphatic heterocycles. The number of benzene rings is 1. The van der Waals surface area contributed by atoms with Crippen molar-refractivity contribution in [3.63, 3.8) is 0 Å². The van der Waals surface area contributed by atoms with Crippen molar-refractivity contribution in [1.29, 1.82) is 0 Å². The Morgan fingerprint density at radius 2 is 2.23 bits per heavy atom. The number of aromatic amines is 1. The number of fused-ring (bicyclic) bond motifs is 1. The van der Waals surface area contributed by atoms with Gasteiger partial charge >= 0.3 is 0 Å². The summed E-state index contributed by atoms with van der Waals surface area (Å²) in [5, 5.41) is 4.41. The van der Waals surface area contributed by atoms with Crippen LogP contribution in [0.2, 0.25) is 0 Å². The third-order valence-electron chi connectivity index (χ3n) is 4.78. The number of hydrogen-bond donors (Lipinski definition) is 1. The molecule has 0 saturated heterocycles. The SMILES string of the molecule is COCc1nc(CN2CC=C(c3c[nH]c4ccc(OC)cc34)CC2)cs1. The van der Waals surface area contributed by atoms with Gasteiger partial charge in [0.1, 0.15) is 10.8 Å². The summed E-state index contributed by atoms with van der Waals surface area (Å²) in [5.41, 5.74) is 4.97. The lowest BCUT2D eigenvalue weighted by atomic mass is 9.99. The molecule has 0 atom stereocenters. The van der Waals surface area contributed by atoms with E-state index in [1.165, 1.54) is 16.5 Å². The summed E-state index contributed by atoms with van der Waals surface area (Å²) in [4.78, 5) is 10.4. The van der Waals surface area contributed by atoms with Gasteiger partial charge in [-0.1, -0.05) is 6.08 Å². The molecule has 0 fully saturated rings. The van der Waals surface area contributed by atoms with Gasteiger partial charge in [-0.05, 0) is 30.2 Å². The summed E-state index contributed by atoms with van der Waals surface area (Å²) in [6.45, 7) is 3.48. The Balaban J connectivity index is 1.47. The van der Waals surface area contributed by atoms with Crippen LogP contribution in [0, 0.1) is 0 Å². The molecule has 0 bridgehead atoms. The Bertz CT molecular complexity index is 928. The zero-order valence-electron chi connectivity index (χ0n) is 15.1. The maximum absolute atomic E-state index is 5.38. The highest BCUT2D eigenvalue weighted by Crippen LogP contribution is 2.31. The van der Waals surface area contributed by atoms with E-state index in [0.717, 1.165) is 48.0 Å². The minimum absolute atomic E-state index is 0.596. The molecule has 1 aromatic carbocycles. The Morgan fingerprint density at radius 3 is 3.00 bits per heavy atom. The van der Waals surface area contributed by atoms with Crippen LogP contribution in [0.25, 0.3) is 16.5 Å². The first-order valence-electron chi connectivity index (χ1n) is 8.76. The molecule has 1 N–H and O–H groups in total. The lowest BCUT2D eigenvalue weighted by Crippen LogP contribution is -2.28. The smallest absolute Gasteiger partial charge is 0.119 e. The summed E-state index contributed by atoms with van der Waals surface area (Å²) in [6.07, 6.45) is 5.50. The quantitative estimate of drug-likeness (QED) is 0.712. The predicted molar refractivity (Wildman–Crippen MR) is 106 cm³/mol. The van der Waals surface area contributed by atoms with E-state index in [4.69, 9.17) is 9.47 Å². The fraction of sp³-hybridized carbons (Fsp3) is 0.350. The highest BCUT2D eigenvalue weighted by molar-refractivity contribution is 7.09. The van der Waals surface area contributed by atoms with Gasteiger partial charge in [-0.25, -0.2) is 4.98 Å². The number of rotatable bonds is 6. The van der Waals surface area contributed by atoms with Gasteiger partial charge in [0, 0.05) is 54.8 Å². The molecule has 26 heavy (non-hydrogen) atoms. The summed E-state index contributed by atoms with van der Waals surface area (Å²) in [5.74, 6) is 0.895. The molecule has 4 rings (SSSR count). The van der Waals surface area contributed by atoms with Gasteiger partial charge in [-0.2, -0.15) is 0 Å². The van der Waals surface area contributed by atoms with Crippen LogP contribution < -0.4 is 4.74 Å². The number of methoxy groups -OCH3 is 2. The van der Waals surface area contributed by atoms with Gasteiger partial charge in [0.15, 0.2) is 0 Å². The monoisotopic (exact) mass is 369 g/mol. The predicted octanol–water partition coefficient (Wildman–Crippen LogP) is 4.07. The van der Waals surface area contributed by atoms with E-state index in [2.05, 4.69) is 44.7 Å². The molecule has 0 aliphatic carbocycles. The van der Waals surface area contributed by atoms with Crippen LogP contribution in [0.1, 0.15) is 22.7 Å². The number of nitrogens with one attached hydrogen (secondary N) is 1. The third-order valence-corrected chi connectivity index (χ3v) is 5.65. The maximum Gasteiger partial charge on any atom is 0.119 e. The Labute approximate surface area is 157 Å².